The van der Waals surface area contributed by atoms with Gasteiger partial charge in [0, 0.05) is 30.2 Å². The fraction of sp³-hybridized carbons (Fsp3) is 0.478. The number of nitrogens with zero attached hydrogens (tertiary/aromatic N) is 1. The molecule has 0 aromatic heterocycles. The van der Waals surface area contributed by atoms with E-state index >= 15 is 0 Å². The molecule has 8 heteroatoms. The average Bonchev–Trinajstić information content (AvgIpc) is 2.74. The van der Waals surface area contributed by atoms with Gasteiger partial charge in [-0.25, -0.2) is 4.39 Å². The summed E-state index contributed by atoms with van der Waals surface area (Å²) in [5, 5.41) is 10.9. The highest BCUT2D eigenvalue weighted by Gasteiger charge is 2.26. The molecule has 1 fully saturated rings. The van der Waals surface area contributed by atoms with E-state index in [1.807, 2.05) is 18.2 Å². The van der Waals surface area contributed by atoms with Crippen molar-refractivity contribution in [3.63, 3.8) is 0 Å². The van der Waals surface area contributed by atoms with Crippen molar-refractivity contribution < 1.29 is 19.0 Å². The Morgan fingerprint density at radius 2 is 2.00 bits per heavy atom. The highest BCUT2D eigenvalue weighted by molar-refractivity contribution is 6.35. The molecule has 3 rings (SSSR count). The van der Waals surface area contributed by atoms with Crippen LogP contribution in [-0.2, 0) is 4.74 Å². The molecule has 0 radical (unpaired) electrons. The van der Waals surface area contributed by atoms with Gasteiger partial charge in [0.2, 0.25) is 0 Å². The van der Waals surface area contributed by atoms with Crippen LogP contribution in [-0.4, -0.2) is 49.0 Å². The van der Waals surface area contributed by atoms with E-state index in [-0.39, 0.29) is 30.1 Å². The Morgan fingerprint density at radius 1 is 1.26 bits per heavy atom. The summed E-state index contributed by atoms with van der Waals surface area (Å²) in [5.41, 5.74) is 1.72. The first-order chi connectivity index (χ1) is 14.4. The highest BCUT2D eigenvalue weighted by Crippen LogP contribution is 2.32. The van der Waals surface area contributed by atoms with E-state index in [0.29, 0.717) is 42.7 Å². The van der Waals surface area contributed by atoms with Gasteiger partial charge in [-0.2, -0.15) is 0 Å². The molecule has 1 heterocycles. The Hall–Kier alpha value is -1.08. The first-order valence-corrected chi connectivity index (χ1v) is 11.0. The van der Waals surface area contributed by atoms with Crippen molar-refractivity contribution in [2.24, 2.45) is 0 Å². The molecule has 1 N–H and O–H groups in total. The minimum atomic E-state index is -0.661. The lowest BCUT2D eigenvalue weighted by Crippen LogP contribution is -2.43. The second kappa shape index (κ2) is 12.2. The van der Waals surface area contributed by atoms with Crippen LogP contribution in [0.3, 0.4) is 0 Å². The molecule has 1 aliphatic rings. The minimum Gasteiger partial charge on any atom is -0.491 e. The van der Waals surface area contributed by atoms with Crippen LogP contribution >= 0.6 is 35.6 Å². The smallest absolute Gasteiger partial charge is 0.142 e. The lowest BCUT2D eigenvalue weighted by molar-refractivity contribution is -0.0460. The lowest BCUT2D eigenvalue weighted by Gasteiger charge is -2.34. The number of para-hydroxylation sites is 1. The Labute approximate surface area is 199 Å². The summed E-state index contributed by atoms with van der Waals surface area (Å²) in [7, 11) is 0. The first kappa shape index (κ1) is 26.2. The summed E-state index contributed by atoms with van der Waals surface area (Å²) in [6.45, 7) is 6.58. The van der Waals surface area contributed by atoms with Gasteiger partial charge in [0.25, 0.3) is 0 Å². The van der Waals surface area contributed by atoms with Crippen molar-refractivity contribution in [3.05, 3.63) is 63.4 Å². The summed E-state index contributed by atoms with van der Waals surface area (Å²) < 4.78 is 25.6. The van der Waals surface area contributed by atoms with Gasteiger partial charge in [-0.1, -0.05) is 55.2 Å². The predicted molar refractivity (Wildman–Crippen MR) is 125 cm³/mol. The third-order valence-corrected chi connectivity index (χ3v) is 6.12. The van der Waals surface area contributed by atoms with Gasteiger partial charge in [-0.15, -0.1) is 12.4 Å². The minimum absolute atomic E-state index is 0. The Bertz CT molecular complexity index is 855. The van der Waals surface area contributed by atoms with Crippen molar-refractivity contribution in [1.82, 2.24) is 4.90 Å². The average molecular weight is 493 g/mol. The summed E-state index contributed by atoms with van der Waals surface area (Å²) in [5.74, 6) is 0.683. The predicted octanol–water partition coefficient (Wildman–Crippen LogP) is 5.88. The van der Waals surface area contributed by atoms with E-state index in [2.05, 4.69) is 24.8 Å². The second-order valence-electron chi connectivity index (χ2n) is 7.72. The number of ether oxygens (including phenoxy) is 2. The molecule has 1 saturated heterocycles. The monoisotopic (exact) mass is 491 g/mol. The number of halogens is 4. The topological polar surface area (TPSA) is 41.9 Å². The summed E-state index contributed by atoms with van der Waals surface area (Å²) in [6, 6.07) is 10.7. The maximum absolute atomic E-state index is 13.9. The number of benzene rings is 2. The van der Waals surface area contributed by atoms with Gasteiger partial charge in [0.05, 0.1) is 17.7 Å². The third-order valence-electron chi connectivity index (χ3n) is 5.50. The molecular formula is C23H29Cl3FNO3. The molecule has 0 amide bonds. The van der Waals surface area contributed by atoms with Crippen molar-refractivity contribution in [2.45, 2.75) is 38.4 Å². The van der Waals surface area contributed by atoms with E-state index in [9.17, 15) is 9.50 Å². The van der Waals surface area contributed by atoms with E-state index in [0.717, 1.165) is 17.7 Å². The molecule has 3 unspecified atom stereocenters. The zero-order chi connectivity index (χ0) is 21.7. The van der Waals surface area contributed by atoms with E-state index in [1.165, 1.54) is 12.1 Å². The van der Waals surface area contributed by atoms with Crippen molar-refractivity contribution >= 4 is 35.6 Å². The number of rotatable bonds is 8. The zero-order valence-corrected chi connectivity index (χ0v) is 20.0. The van der Waals surface area contributed by atoms with Crippen LogP contribution in [0.4, 0.5) is 4.39 Å². The van der Waals surface area contributed by atoms with Crippen molar-refractivity contribution in [2.75, 3.05) is 32.8 Å². The largest absolute Gasteiger partial charge is 0.491 e. The van der Waals surface area contributed by atoms with Crippen molar-refractivity contribution in [1.29, 1.82) is 0 Å². The first-order valence-electron chi connectivity index (χ1n) is 10.3. The standard InChI is InChI=1S/C23H28Cl2FNO3.ClH/c1-3-15(2)17-6-4-5-7-22(17)30-14-16(28)12-27-8-9-29-23(13-27)18-10-21(26)20(25)11-19(18)24;/h4-7,10-11,15-16,23,28H,3,8-9,12-14H2,1-2H3;1H. The second-order valence-corrected chi connectivity index (χ2v) is 8.53. The van der Waals surface area contributed by atoms with Gasteiger partial charge >= 0.3 is 0 Å². The highest BCUT2D eigenvalue weighted by atomic mass is 35.5. The molecule has 0 aliphatic carbocycles. The van der Waals surface area contributed by atoms with Gasteiger partial charge < -0.3 is 14.6 Å². The van der Waals surface area contributed by atoms with E-state index in [4.69, 9.17) is 32.7 Å². The molecule has 2 aromatic rings. The molecule has 0 saturated carbocycles. The van der Waals surface area contributed by atoms with Gasteiger partial charge in [0.1, 0.15) is 24.3 Å². The number of aliphatic hydroxyl groups excluding tert-OH is 1. The van der Waals surface area contributed by atoms with E-state index in [1.54, 1.807) is 0 Å². The molecule has 31 heavy (non-hydrogen) atoms. The molecule has 1 aliphatic heterocycles. The van der Waals surface area contributed by atoms with Crippen LogP contribution in [0.5, 0.6) is 5.75 Å². The fourth-order valence-corrected chi connectivity index (χ4v) is 4.12. The number of hydrogen-bond acceptors (Lipinski definition) is 4. The SMILES string of the molecule is CCC(C)c1ccccc1OCC(O)CN1CCOC(c2cc(F)c(Cl)cc2Cl)C1.Cl. The number of morpholine rings is 1. The molecule has 172 valence electrons. The number of aliphatic hydroxyl groups is 1. The van der Waals surface area contributed by atoms with Crippen LogP contribution in [0.1, 0.15) is 43.4 Å². The third kappa shape index (κ3) is 6.95. The van der Waals surface area contributed by atoms with Gasteiger partial charge in [0.15, 0.2) is 0 Å². The summed E-state index contributed by atoms with van der Waals surface area (Å²) in [6.07, 6.45) is -0.0187. The fourth-order valence-electron chi connectivity index (χ4n) is 3.62. The number of hydrogen-bond donors (Lipinski definition) is 1. The van der Waals surface area contributed by atoms with Crippen LogP contribution in [0.25, 0.3) is 0 Å². The maximum Gasteiger partial charge on any atom is 0.142 e. The Kier molecular flexibility index (Phi) is 10.3. The van der Waals surface area contributed by atoms with Crippen LogP contribution in [0.2, 0.25) is 10.0 Å². The summed E-state index contributed by atoms with van der Waals surface area (Å²) in [4.78, 5) is 2.08. The number of β-amino-alcohol motifs (C(OH)–C–C–N with tert-alkyl or cyclic N) is 1. The maximum atomic E-state index is 13.9. The Morgan fingerprint density at radius 3 is 2.74 bits per heavy atom. The molecular weight excluding hydrogens is 464 g/mol. The van der Waals surface area contributed by atoms with Crippen LogP contribution in [0.15, 0.2) is 36.4 Å². The Balaban J connectivity index is 0.00000341. The molecule has 2 aromatic carbocycles. The molecule has 4 nitrogen and oxygen atoms in total. The van der Waals surface area contributed by atoms with E-state index < -0.39 is 11.9 Å². The lowest BCUT2D eigenvalue weighted by atomic mass is 9.98. The zero-order valence-electron chi connectivity index (χ0n) is 17.7. The van der Waals surface area contributed by atoms with Crippen LogP contribution < -0.4 is 4.74 Å². The molecule has 0 spiro atoms. The molecule has 0 bridgehead atoms. The van der Waals surface area contributed by atoms with Crippen LogP contribution in [0, 0.1) is 5.82 Å². The van der Waals surface area contributed by atoms with Crippen molar-refractivity contribution in [3.8, 4) is 5.75 Å². The van der Waals surface area contributed by atoms with Gasteiger partial charge in [-0.05, 0) is 36.1 Å². The molecule has 3 atom stereocenters. The quantitative estimate of drug-likeness (QED) is 0.467. The summed E-state index contributed by atoms with van der Waals surface area (Å²) >= 11 is 12.0. The normalized spacial score (nSPS) is 18.8. The van der Waals surface area contributed by atoms with Gasteiger partial charge in [-0.3, -0.25) is 4.90 Å².